The second-order valence-corrected chi connectivity index (χ2v) is 2.44. The molecule has 0 aromatic heterocycles. The SMILES string of the molecule is C#COC/C(=C/C)C/C=C\CC. The van der Waals surface area contributed by atoms with Gasteiger partial charge in [-0.1, -0.05) is 31.6 Å². The molecule has 0 saturated carbocycles. The van der Waals surface area contributed by atoms with E-state index in [4.69, 9.17) is 11.2 Å². The molecule has 1 heteroatoms. The maximum absolute atomic E-state index is 4.97. The summed E-state index contributed by atoms with van der Waals surface area (Å²) in [6.45, 7) is 4.65. The van der Waals surface area contributed by atoms with Gasteiger partial charge in [0.25, 0.3) is 0 Å². The first kappa shape index (κ1) is 10.8. The highest BCUT2D eigenvalue weighted by molar-refractivity contribution is 5.07. The Morgan fingerprint density at radius 1 is 1.50 bits per heavy atom. The van der Waals surface area contributed by atoms with Crippen molar-refractivity contribution in [2.45, 2.75) is 26.7 Å². The number of rotatable bonds is 5. The second-order valence-electron chi connectivity index (χ2n) is 2.44. The smallest absolute Gasteiger partial charge is 0.121 e. The van der Waals surface area contributed by atoms with Crippen LogP contribution in [0.15, 0.2) is 23.8 Å². The van der Waals surface area contributed by atoms with E-state index in [1.165, 1.54) is 5.57 Å². The van der Waals surface area contributed by atoms with Crippen molar-refractivity contribution in [1.29, 1.82) is 0 Å². The minimum absolute atomic E-state index is 0.543. The molecule has 0 aromatic carbocycles. The van der Waals surface area contributed by atoms with Gasteiger partial charge in [0, 0.05) is 0 Å². The van der Waals surface area contributed by atoms with Crippen molar-refractivity contribution < 1.29 is 4.74 Å². The first-order valence-corrected chi connectivity index (χ1v) is 4.21. The molecule has 0 N–H and O–H groups in total. The fourth-order valence-corrected chi connectivity index (χ4v) is 0.796. The molecule has 0 bridgehead atoms. The summed E-state index contributed by atoms with van der Waals surface area (Å²) in [5, 5.41) is 0. The molecule has 0 atom stereocenters. The summed E-state index contributed by atoms with van der Waals surface area (Å²) in [6.07, 6.45) is 15.5. The Hall–Kier alpha value is -1.16. The minimum Gasteiger partial charge on any atom is -0.442 e. The van der Waals surface area contributed by atoms with Crippen molar-refractivity contribution in [2.75, 3.05) is 6.61 Å². The zero-order chi connectivity index (χ0) is 9.23. The number of ether oxygens (including phenoxy) is 1. The van der Waals surface area contributed by atoms with Gasteiger partial charge in [0.2, 0.25) is 0 Å². The van der Waals surface area contributed by atoms with Crippen LogP contribution in [0.4, 0.5) is 0 Å². The van der Waals surface area contributed by atoms with E-state index in [0.29, 0.717) is 6.61 Å². The highest BCUT2D eigenvalue weighted by atomic mass is 16.5. The van der Waals surface area contributed by atoms with Crippen LogP contribution in [0.25, 0.3) is 0 Å². The molecule has 0 rings (SSSR count). The Kier molecular flexibility index (Phi) is 7.17. The van der Waals surface area contributed by atoms with Crippen LogP contribution in [0.3, 0.4) is 0 Å². The first-order chi connectivity index (χ1) is 5.85. The number of terminal acetylenes is 1. The van der Waals surface area contributed by atoms with Crippen molar-refractivity contribution in [3.05, 3.63) is 23.8 Å². The van der Waals surface area contributed by atoms with Crippen LogP contribution in [0.1, 0.15) is 26.7 Å². The number of allylic oxidation sites excluding steroid dienone is 3. The zero-order valence-electron chi connectivity index (χ0n) is 7.84. The zero-order valence-corrected chi connectivity index (χ0v) is 7.84. The maximum atomic E-state index is 4.97. The van der Waals surface area contributed by atoms with Crippen LogP contribution in [0.2, 0.25) is 0 Å². The number of hydrogen-bond donors (Lipinski definition) is 0. The average Bonchev–Trinajstić information content (AvgIpc) is 2.11. The predicted octanol–water partition coefficient (Wildman–Crippen LogP) is 2.90. The van der Waals surface area contributed by atoms with Gasteiger partial charge in [-0.15, -0.1) is 0 Å². The molecule has 0 unspecified atom stereocenters. The topological polar surface area (TPSA) is 9.23 Å². The fourth-order valence-electron chi connectivity index (χ4n) is 0.796. The van der Waals surface area contributed by atoms with Crippen molar-refractivity contribution in [3.8, 4) is 12.5 Å². The molecule has 0 heterocycles. The standard InChI is InChI=1S/C11H16O/c1-4-7-8-9-11(5-2)10-12-6-3/h3,5,7-8H,4,9-10H2,1-2H3/b8-7-,11-5+. The third-order valence-electron chi connectivity index (χ3n) is 1.53. The van der Waals surface area contributed by atoms with Crippen LogP contribution in [-0.2, 0) is 4.74 Å². The molecule has 0 spiro atoms. The van der Waals surface area contributed by atoms with E-state index in [-0.39, 0.29) is 0 Å². The van der Waals surface area contributed by atoms with Crippen LogP contribution in [0.5, 0.6) is 0 Å². The minimum atomic E-state index is 0.543. The molecule has 0 radical (unpaired) electrons. The van der Waals surface area contributed by atoms with Gasteiger partial charge in [-0.05, 0) is 25.3 Å². The summed E-state index contributed by atoms with van der Waals surface area (Å²) in [6, 6.07) is 0. The highest BCUT2D eigenvalue weighted by Crippen LogP contribution is 2.03. The average molecular weight is 164 g/mol. The lowest BCUT2D eigenvalue weighted by Gasteiger charge is -2.00. The maximum Gasteiger partial charge on any atom is 0.121 e. The molecule has 0 aliphatic heterocycles. The molecule has 12 heavy (non-hydrogen) atoms. The van der Waals surface area contributed by atoms with Crippen molar-refractivity contribution in [3.63, 3.8) is 0 Å². The lowest BCUT2D eigenvalue weighted by atomic mass is 10.2. The summed E-state index contributed by atoms with van der Waals surface area (Å²) >= 11 is 0. The van der Waals surface area contributed by atoms with Crippen LogP contribution >= 0.6 is 0 Å². The van der Waals surface area contributed by atoms with Crippen molar-refractivity contribution in [1.82, 2.24) is 0 Å². The Labute approximate surface area is 75.1 Å². The van der Waals surface area contributed by atoms with Crippen molar-refractivity contribution >= 4 is 0 Å². The predicted molar refractivity (Wildman–Crippen MR) is 52.6 cm³/mol. The van der Waals surface area contributed by atoms with Gasteiger partial charge >= 0.3 is 0 Å². The van der Waals surface area contributed by atoms with E-state index in [0.717, 1.165) is 12.8 Å². The van der Waals surface area contributed by atoms with Crippen LogP contribution in [-0.4, -0.2) is 6.61 Å². The molecule has 0 aliphatic carbocycles. The van der Waals surface area contributed by atoms with E-state index in [2.05, 4.69) is 25.2 Å². The lowest BCUT2D eigenvalue weighted by molar-refractivity contribution is 0.309. The Balaban J connectivity index is 3.71. The molecular formula is C11H16O. The quantitative estimate of drug-likeness (QED) is 0.448. The van der Waals surface area contributed by atoms with E-state index in [1.54, 1.807) is 0 Å². The summed E-state index contributed by atoms with van der Waals surface area (Å²) in [5.74, 6) is 0. The molecule has 0 fully saturated rings. The van der Waals surface area contributed by atoms with Gasteiger partial charge in [0.1, 0.15) is 12.7 Å². The monoisotopic (exact) mass is 164 g/mol. The van der Waals surface area contributed by atoms with Gasteiger partial charge in [-0.25, -0.2) is 0 Å². The van der Waals surface area contributed by atoms with E-state index in [9.17, 15) is 0 Å². The second kappa shape index (κ2) is 7.94. The van der Waals surface area contributed by atoms with Crippen LogP contribution < -0.4 is 0 Å². The summed E-state index contributed by atoms with van der Waals surface area (Å²) < 4.78 is 4.84. The van der Waals surface area contributed by atoms with Gasteiger partial charge in [0.05, 0.1) is 0 Å². The van der Waals surface area contributed by atoms with Gasteiger partial charge in [0.15, 0.2) is 0 Å². The Bertz CT molecular complexity index is 194. The number of hydrogen-bond acceptors (Lipinski definition) is 1. The summed E-state index contributed by atoms with van der Waals surface area (Å²) in [4.78, 5) is 0. The van der Waals surface area contributed by atoms with E-state index >= 15 is 0 Å². The van der Waals surface area contributed by atoms with Crippen molar-refractivity contribution in [2.24, 2.45) is 0 Å². The summed E-state index contributed by atoms with van der Waals surface area (Å²) in [5.41, 5.74) is 1.22. The molecule has 0 saturated heterocycles. The third-order valence-corrected chi connectivity index (χ3v) is 1.53. The molecule has 0 aromatic rings. The van der Waals surface area contributed by atoms with E-state index in [1.807, 2.05) is 13.0 Å². The molecular weight excluding hydrogens is 148 g/mol. The molecule has 0 aliphatic rings. The largest absolute Gasteiger partial charge is 0.442 e. The third kappa shape index (κ3) is 5.61. The Morgan fingerprint density at radius 2 is 2.25 bits per heavy atom. The van der Waals surface area contributed by atoms with Crippen LogP contribution in [0, 0.1) is 12.5 Å². The molecule has 0 amide bonds. The first-order valence-electron chi connectivity index (χ1n) is 4.21. The normalized spacial score (nSPS) is 11.6. The van der Waals surface area contributed by atoms with Gasteiger partial charge < -0.3 is 4.74 Å². The molecule has 66 valence electrons. The highest BCUT2D eigenvalue weighted by Gasteiger charge is 1.91. The van der Waals surface area contributed by atoms with Gasteiger partial charge in [-0.3, -0.25) is 0 Å². The fraction of sp³-hybridized carbons (Fsp3) is 0.455. The van der Waals surface area contributed by atoms with E-state index < -0.39 is 0 Å². The molecule has 1 nitrogen and oxygen atoms in total. The van der Waals surface area contributed by atoms with Gasteiger partial charge in [-0.2, -0.15) is 0 Å². The lowest BCUT2D eigenvalue weighted by Crippen LogP contribution is -1.91. The Morgan fingerprint density at radius 3 is 2.75 bits per heavy atom. The summed E-state index contributed by atoms with van der Waals surface area (Å²) in [7, 11) is 0.